The number of hydrogen-bond donors (Lipinski definition) is 1. The fourth-order valence-corrected chi connectivity index (χ4v) is 3.38. The third kappa shape index (κ3) is 5.84. The highest BCUT2D eigenvalue weighted by Crippen LogP contribution is 2.27. The Labute approximate surface area is 158 Å². The predicted octanol–water partition coefficient (Wildman–Crippen LogP) is 2.82. The molecule has 0 amide bonds. The second-order valence-electron chi connectivity index (χ2n) is 7.30. The van der Waals surface area contributed by atoms with Gasteiger partial charge in [0, 0.05) is 43.6 Å². The van der Waals surface area contributed by atoms with Crippen molar-refractivity contribution in [1.82, 2.24) is 15.1 Å². The predicted molar refractivity (Wildman–Crippen MR) is 97.8 cm³/mol. The molecule has 0 radical (unpaired) electrons. The van der Waals surface area contributed by atoms with Gasteiger partial charge in [-0.2, -0.15) is 13.2 Å². The summed E-state index contributed by atoms with van der Waals surface area (Å²) in [4.78, 5) is 15.9. The minimum Gasteiger partial charge on any atom is -0.459 e. The highest BCUT2D eigenvalue weighted by molar-refractivity contribution is 5.94. The van der Waals surface area contributed by atoms with E-state index in [0.29, 0.717) is 37.4 Å². The van der Waals surface area contributed by atoms with Gasteiger partial charge in [0.25, 0.3) is 0 Å². The number of nitrogens with one attached hydrogen (secondary N) is 1. The van der Waals surface area contributed by atoms with Gasteiger partial charge in [0.05, 0.1) is 18.2 Å². The van der Waals surface area contributed by atoms with Crippen molar-refractivity contribution in [2.24, 2.45) is 0 Å². The van der Waals surface area contributed by atoms with Gasteiger partial charge < -0.3 is 10.1 Å². The van der Waals surface area contributed by atoms with Crippen molar-refractivity contribution in [1.29, 1.82) is 0 Å². The Morgan fingerprint density at radius 3 is 2.37 bits per heavy atom. The molecule has 1 atom stereocenters. The monoisotopic (exact) mass is 387 g/mol. The molecule has 5 nitrogen and oxygen atoms in total. The van der Waals surface area contributed by atoms with Crippen LogP contribution in [-0.2, 0) is 9.53 Å². The first kappa shape index (κ1) is 21.5. The fourth-order valence-electron chi connectivity index (χ4n) is 3.38. The number of carbonyl (C=O) groups excluding carboxylic acids is 1. The summed E-state index contributed by atoms with van der Waals surface area (Å²) in [5.41, 5.74) is 2.67. The van der Waals surface area contributed by atoms with Gasteiger partial charge >= 0.3 is 12.1 Å². The third-order valence-electron chi connectivity index (χ3n) is 4.76. The van der Waals surface area contributed by atoms with E-state index in [1.165, 1.54) is 4.90 Å². The minimum atomic E-state index is -4.17. The van der Waals surface area contributed by atoms with E-state index in [2.05, 4.69) is 16.8 Å². The molecule has 8 heteroatoms. The number of carbonyl (C=O) groups is 1. The van der Waals surface area contributed by atoms with Gasteiger partial charge in [-0.3, -0.25) is 9.80 Å². The lowest BCUT2D eigenvalue weighted by molar-refractivity contribution is -0.149. The minimum absolute atomic E-state index is 0.0784. The lowest BCUT2D eigenvalue weighted by Gasteiger charge is -2.40. The molecule has 1 N–H and O–H groups in total. The Bertz CT molecular complexity index is 645. The molecule has 0 bridgehead atoms. The first-order valence-corrected chi connectivity index (χ1v) is 9.11. The molecule has 152 valence electrons. The number of alkyl halides is 3. The number of dihydropyridines is 1. The Morgan fingerprint density at radius 1 is 1.26 bits per heavy atom. The first-order valence-electron chi connectivity index (χ1n) is 9.11. The SMILES string of the molecule is C=C1C=C(C(=O)OC(C)C)C(C)=C(C(C)N2CCN(CC(F)(F)F)CC2)N1. The number of hydrogen-bond acceptors (Lipinski definition) is 5. The molecule has 1 unspecified atom stereocenters. The molecule has 1 saturated heterocycles. The number of ether oxygens (including phenoxy) is 1. The molecule has 2 heterocycles. The number of piperazine rings is 1. The number of esters is 1. The molecule has 0 aromatic carbocycles. The van der Waals surface area contributed by atoms with E-state index in [4.69, 9.17) is 4.74 Å². The second kappa shape index (κ2) is 8.48. The van der Waals surface area contributed by atoms with Gasteiger partial charge in [0.1, 0.15) is 0 Å². The van der Waals surface area contributed by atoms with Gasteiger partial charge in [0.15, 0.2) is 0 Å². The van der Waals surface area contributed by atoms with Crippen LogP contribution in [0.3, 0.4) is 0 Å². The van der Waals surface area contributed by atoms with Gasteiger partial charge in [-0.1, -0.05) is 6.58 Å². The molecule has 0 aromatic rings. The molecule has 2 aliphatic heterocycles. The summed E-state index contributed by atoms with van der Waals surface area (Å²) in [6.45, 7) is 12.2. The summed E-state index contributed by atoms with van der Waals surface area (Å²) < 4.78 is 43.0. The van der Waals surface area contributed by atoms with Crippen LogP contribution >= 0.6 is 0 Å². The molecule has 0 aromatic heterocycles. The summed E-state index contributed by atoms with van der Waals surface area (Å²) in [5.74, 6) is -0.398. The molecule has 0 saturated carbocycles. The maximum absolute atomic E-state index is 12.6. The van der Waals surface area contributed by atoms with Gasteiger partial charge in [-0.15, -0.1) is 0 Å². The summed E-state index contributed by atoms with van der Waals surface area (Å²) in [6, 6.07) is -0.0784. The number of allylic oxidation sites excluding steroid dienone is 1. The van der Waals surface area contributed by atoms with Crippen LogP contribution in [0.15, 0.2) is 35.2 Å². The van der Waals surface area contributed by atoms with Crippen LogP contribution in [0.5, 0.6) is 0 Å². The first-order chi connectivity index (χ1) is 12.5. The van der Waals surface area contributed by atoms with Crippen molar-refractivity contribution in [3.63, 3.8) is 0 Å². The summed E-state index contributed by atoms with van der Waals surface area (Å²) in [5, 5.41) is 3.22. The lowest BCUT2D eigenvalue weighted by Crippen LogP contribution is -2.53. The zero-order valence-electron chi connectivity index (χ0n) is 16.3. The van der Waals surface area contributed by atoms with Crippen LogP contribution in [0, 0.1) is 0 Å². The van der Waals surface area contributed by atoms with Crippen molar-refractivity contribution in [3.8, 4) is 0 Å². The van der Waals surface area contributed by atoms with E-state index in [1.807, 2.05) is 13.8 Å². The quantitative estimate of drug-likeness (QED) is 0.735. The number of halogens is 3. The zero-order chi connectivity index (χ0) is 20.4. The zero-order valence-corrected chi connectivity index (χ0v) is 16.3. The smallest absolute Gasteiger partial charge is 0.401 e. The van der Waals surface area contributed by atoms with E-state index in [-0.39, 0.29) is 12.1 Å². The Morgan fingerprint density at radius 2 is 1.85 bits per heavy atom. The molecule has 1 fully saturated rings. The maximum Gasteiger partial charge on any atom is 0.401 e. The van der Waals surface area contributed by atoms with Crippen molar-refractivity contribution < 1.29 is 22.7 Å². The summed E-state index contributed by atoms with van der Waals surface area (Å²) >= 11 is 0. The van der Waals surface area contributed by atoms with E-state index < -0.39 is 18.7 Å². The molecule has 2 rings (SSSR count). The van der Waals surface area contributed by atoms with Crippen LogP contribution in [0.25, 0.3) is 0 Å². The molecule has 27 heavy (non-hydrogen) atoms. The van der Waals surface area contributed by atoms with E-state index in [9.17, 15) is 18.0 Å². The van der Waals surface area contributed by atoms with E-state index in [1.54, 1.807) is 19.9 Å². The number of nitrogens with zero attached hydrogens (tertiary/aromatic N) is 2. The van der Waals surface area contributed by atoms with Crippen LogP contribution in [0.1, 0.15) is 27.7 Å². The van der Waals surface area contributed by atoms with Crippen LogP contribution < -0.4 is 5.32 Å². The highest BCUT2D eigenvalue weighted by atomic mass is 19.4. The van der Waals surface area contributed by atoms with Crippen LogP contribution in [0.4, 0.5) is 13.2 Å². The molecular formula is C19H28F3N3O2. The lowest BCUT2D eigenvalue weighted by atomic mass is 9.96. The second-order valence-corrected chi connectivity index (χ2v) is 7.30. The van der Waals surface area contributed by atoms with Gasteiger partial charge in [-0.25, -0.2) is 4.79 Å². The molecule has 0 aliphatic carbocycles. The summed E-state index contributed by atoms with van der Waals surface area (Å²) in [6.07, 6.45) is -2.74. The fraction of sp³-hybridized carbons (Fsp3) is 0.632. The van der Waals surface area contributed by atoms with Crippen molar-refractivity contribution >= 4 is 5.97 Å². The third-order valence-corrected chi connectivity index (χ3v) is 4.76. The van der Waals surface area contributed by atoms with Crippen LogP contribution in [-0.4, -0.2) is 66.8 Å². The standard InChI is InChI=1S/C19H28F3N3O2/c1-12(2)27-18(26)16-10-13(3)23-17(14(16)4)15(5)25-8-6-24(7-9-25)11-19(20,21)22/h10,12,15,23H,3,6-9,11H2,1-2,4-5H3. The Kier molecular flexibility index (Phi) is 6.75. The largest absolute Gasteiger partial charge is 0.459 e. The van der Waals surface area contributed by atoms with Gasteiger partial charge in [0.2, 0.25) is 0 Å². The average Bonchev–Trinajstić information content (AvgIpc) is 2.54. The normalized spacial score (nSPS) is 21.2. The molecular weight excluding hydrogens is 359 g/mol. The van der Waals surface area contributed by atoms with Gasteiger partial charge in [-0.05, 0) is 39.3 Å². The summed E-state index contributed by atoms with van der Waals surface area (Å²) in [7, 11) is 0. The molecule has 2 aliphatic rings. The Balaban J connectivity index is 2.09. The number of rotatable bonds is 5. The van der Waals surface area contributed by atoms with Crippen molar-refractivity contribution in [2.75, 3.05) is 32.7 Å². The van der Waals surface area contributed by atoms with E-state index in [0.717, 1.165) is 11.3 Å². The molecule has 0 spiro atoms. The maximum atomic E-state index is 12.6. The van der Waals surface area contributed by atoms with Crippen molar-refractivity contribution in [2.45, 2.75) is 46.0 Å². The topological polar surface area (TPSA) is 44.8 Å². The highest BCUT2D eigenvalue weighted by Gasteiger charge is 2.34. The Hall–Kier alpha value is -1.80. The van der Waals surface area contributed by atoms with Crippen LogP contribution in [0.2, 0.25) is 0 Å². The average molecular weight is 387 g/mol. The van der Waals surface area contributed by atoms with Crippen molar-refractivity contribution in [3.05, 3.63) is 35.2 Å². The van der Waals surface area contributed by atoms with E-state index >= 15 is 0 Å².